The average Bonchev–Trinajstić information content (AvgIpc) is 2.18. The normalized spacial score (nSPS) is 12.1. The van der Waals surface area contributed by atoms with Crippen molar-refractivity contribution >= 4 is 29.3 Å². The third-order valence-corrected chi connectivity index (χ3v) is 2.88. The van der Waals surface area contributed by atoms with Gasteiger partial charge >= 0.3 is 0 Å². The van der Waals surface area contributed by atoms with E-state index in [0.29, 0.717) is 17.9 Å². The summed E-state index contributed by atoms with van der Waals surface area (Å²) in [5.74, 6) is 0.338. The second kappa shape index (κ2) is 5.92. The van der Waals surface area contributed by atoms with Crippen molar-refractivity contribution in [3.8, 4) is 0 Å². The zero-order valence-electron chi connectivity index (χ0n) is 8.40. The SMILES string of the molecule is CS(=O)CCNC(=O)c1ccc(S)cc1. The Balaban J connectivity index is 2.47. The summed E-state index contributed by atoms with van der Waals surface area (Å²) in [5, 5.41) is 2.69. The highest BCUT2D eigenvalue weighted by atomic mass is 32.2. The number of hydrogen-bond donors (Lipinski definition) is 2. The fraction of sp³-hybridized carbons (Fsp3) is 0.300. The van der Waals surface area contributed by atoms with E-state index >= 15 is 0 Å². The van der Waals surface area contributed by atoms with Gasteiger partial charge in [-0.15, -0.1) is 12.6 Å². The van der Waals surface area contributed by atoms with E-state index in [4.69, 9.17) is 0 Å². The zero-order valence-corrected chi connectivity index (χ0v) is 10.1. The molecule has 1 rings (SSSR count). The highest BCUT2D eigenvalue weighted by Crippen LogP contribution is 2.07. The van der Waals surface area contributed by atoms with Crippen LogP contribution in [0.1, 0.15) is 10.4 Å². The Labute approximate surface area is 97.1 Å². The molecule has 1 N–H and O–H groups in total. The molecule has 0 aromatic heterocycles. The average molecular weight is 243 g/mol. The van der Waals surface area contributed by atoms with E-state index in [1.54, 1.807) is 30.5 Å². The van der Waals surface area contributed by atoms with Crippen LogP contribution >= 0.6 is 12.6 Å². The molecular weight excluding hydrogens is 230 g/mol. The van der Waals surface area contributed by atoms with Crippen molar-refractivity contribution in [1.29, 1.82) is 0 Å². The molecule has 5 heteroatoms. The van der Waals surface area contributed by atoms with Crippen LogP contribution in [0.3, 0.4) is 0 Å². The van der Waals surface area contributed by atoms with Gasteiger partial charge in [0.15, 0.2) is 0 Å². The molecule has 15 heavy (non-hydrogen) atoms. The van der Waals surface area contributed by atoms with Crippen LogP contribution in [-0.4, -0.2) is 28.7 Å². The van der Waals surface area contributed by atoms with Gasteiger partial charge in [-0.3, -0.25) is 9.00 Å². The van der Waals surface area contributed by atoms with Crippen LogP contribution in [0.4, 0.5) is 0 Å². The van der Waals surface area contributed by atoms with Gasteiger partial charge in [0.25, 0.3) is 5.91 Å². The number of benzene rings is 1. The maximum absolute atomic E-state index is 11.5. The van der Waals surface area contributed by atoms with Crippen molar-refractivity contribution in [2.45, 2.75) is 4.90 Å². The van der Waals surface area contributed by atoms with E-state index in [2.05, 4.69) is 17.9 Å². The van der Waals surface area contributed by atoms with E-state index in [0.717, 1.165) is 4.90 Å². The Morgan fingerprint density at radius 2 is 2.00 bits per heavy atom. The van der Waals surface area contributed by atoms with Crippen LogP contribution in [0.15, 0.2) is 29.2 Å². The molecule has 0 bridgehead atoms. The minimum Gasteiger partial charge on any atom is -0.351 e. The second-order valence-electron chi connectivity index (χ2n) is 3.08. The van der Waals surface area contributed by atoms with Gasteiger partial charge in [0, 0.05) is 39.8 Å². The van der Waals surface area contributed by atoms with Crippen LogP contribution in [0.2, 0.25) is 0 Å². The van der Waals surface area contributed by atoms with E-state index in [-0.39, 0.29) is 5.91 Å². The highest BCUT2D eigenvalue weighted by molar-refractivity contribution is 7.84. The Kier molecular flexibility index (Phi) is 4.84. The van der Waals surface area contributed by atoms with Gasteiger partial charge in [-0.25, -0.2) is 0 Å². The predicted molar refractivity (Wildman–Crippen MR) is 65.0 cm³/mol. The lowest BCUT2D eigenvalue weighted by atomic mass is 10.2. The van der Waals surface area contributed by atoms with Crippen LogP contribution in [0.25, 0.3) is 0 Å². The van der Waals surface area contributed by atoms with Crippen LogP contribution in [0, 0.1) is 0 Å². The molecule has 0 spiro atoms. The Bertz CT molecular complexity index is 362. The molecule has 1 aromatic rings. The van der Waals surface area contributed by atoms with Gasteiger partial charge in [-0.1, -0.05) is 0 Å². The van der Waals surface area contributed by atoms with Gasteiger partial charge < -0.3 is 5.32 Å². The van der Waals surface area contributed by atoms with Crippen molar-refractivity contribution in [2.75, 3.05) is 18.6 Å². The number of nitrogens with one attached hydrogen (secondary N) is 1. The molecular formula is C10H13NO2S2. The lowest BCUT2D eigenvalue weighted by molar-refractivity contribution is 0.0956. The summed E-state index contributed by atoms with van der Waals surface area (Å²) < 4.78 is 10.8. The van der Waals surface area contributed by atoms with Gasteiger partial charge in [0.2, 0.25) is 0 Å². The third-order valence-electron chi connectivity index (χ3n) is 1.80. The standard InChI is InChI=1S/C10H13NO2S2/c1-15(13)7-6-11-10(12)8-2-4-9(14)5-3-8/h2-5,14H,6-7H2,1H3,(H,11,12). The summed E-state index contributed by atoms with van der Waals surface area (Å²) in [6, 6.07) is 6.94. The maximum Gasteiger partial charge on any atom is 0.251 e. The van der Waals surface area contributed by atoms with Gasteiger partial charge in [-0.2, -0.15) is 0 Å². The van der Waals surface area contributed by atoms with Crippen molar-refractivity contribution in [3.63, 3.8) is 0 Å². The fourth-order valence-corrected chi connectivity index (χ4v) is 1.56. The lowest BCUT2D eigenvalue weighted by Gasteiger charge is -2.03. The second-order valence-corrected chi connectivity index (χ2v) is 5.15. The summed E-state index contributed by atoms with van der Waals surface area (Å²) in [6.45, 7) is 0.435. The number of rotatable bonds is 4. The molecule has 82 valence electrons. The molecule has 3 nitrogen and oxygen atoms in total. The molecule has 0 aliphatic rings. The molecule has 0 heterocycles. The first-order chi connectivity index (χ1) is 7.09. The smallest absolute Gasteiger partial charge is 0.251 e. The molecule has 0 saturated heterocycles. The number of hydrogen-bond acceptors (Lipinski definition) is 3. The van der Waals surface area contributed by atoms with Crippen LogP contribution in [-0.2, 0) is 10.8 Å². The van der Waals surface area contributed by atoms with Crippen molar-refractivity contribution in [2.24, 2.45) is 0 Å². The van der Waals surface area contributed by atoms with Gasteiger partial charge in [0.05, 0.1) is 0 Å². The number of carbonyl (C=O) groups is 1. The Morgan fingerprint density at radius 1 is 1.40 bits per heavy atom. The van der Waals surface area contributed by atoms with E-state index in [1.807, 2.05) is 0 Å². The molecule has 1 aromatic carbocycles. The molecule has 1 amide bonds. The van der Waals surface area contributed by atoms with Crippen molar-refractivity contribution in [3.05, 3.63) is 29.8 Å². The molecule has 0 radical (unpaired) electrons. The van der Waals surface area contributed by atoms with Crippen LogP contribution < -0.4 is 5.32 Å². The maximum atomic E-state index is 11.5. The first-order valence-corrected chi connectivity index (χ1v) is 6.64. The summed E-state index contributed by atoms with van der Waals surface area (Å²) in [7, 11) is -0.869. The third kappa shape index (κ3) is 4.48. The summed E-state index contributed by atoms with van der Waals surface area (Å²) in [5.41, 5.74) is 0.592. The predicted octanol–water partition coefficient (Wildman–Crippen LogP) is 1.08. The summed E-state index contributed by atoms with van der Waals surface area (Å²) in [4.78, 5) is 12.3. The first kappa shape index (κ1) is 12.3. The summed E-state index contributed by atoms with van der Waals surface area (Å²) >= 11 is 4.13. The molecule has 0 fully saturated rings. The lowest BCUT2D eigenvalue weighted by Crippen LogP contribution is -2.27. The minimum absolute atomic E-state index is 0.145. The molecule has 0 aliphatic heterocycles. The van der Waals surface area contributed by atoms with Gasteiger partial charge in [-0.05, 0) is 24.3 Å². The minimum atomic E-state index is -0.869. The number of carbonyl (C=O) groups excluding carboxylic acids is 1. The highest BCUT2D eigenvalue weighted by Gasteiger charge is 2.03. The van der Waals surface area contributed by atoms with Crippen LogP contribution in [0.5, 0.6) is 0 Å². The molecule has 0 saturated carbocycles. The monoisotopic (exact) mass is 243 g/mol. The zero-order chi connectivity index (χ0) is 11.3. The molecule has 1 atom stereocenters. The quantitative estimate of drug-likeness (QED) is 0.777. The first-order valence-electron chi connectivity index (χ1n) is 4.47. The van der Waals surface area contributed by atoms with Crippen molar-refractivity contribution in [1.82, 2.24) is 5.32 Å². The molecule has 0 aliphatic carbocycles. The molecule has 1 unspecified atom stereocenters. The Hall–Kier alpha value is -0.810. The van der Waals surface area contributed by atoms with E-state index in [1.165, 1.54) is 0 Å². The van der Waals surface area contributed by atoms with Crippen molar-refractivity contribution < 1.29 is 9.00 Å². The summed E-state index contributed by atoms with van der Waals surface area (Å²) in [6.07, 6.45) is 1.61. The van der Waals surface area contributed by atoms with E-state index < -0.39 is 10.8 Å². The van der Waals surface area contributed by atoms with Gasteiger partial charge in [0.1, 0.15) is 0 Å². The van der Waals surface area contributed by atoms with E-state index in [9.17, 15) is 9.00 Å². The topological polar surface area (TPSA) is 46.2 Å². The number of thiol groups is 1. The Morgan fingerprint density at radius 3 is 2.53 bits per heavy atom. The largest absolute Gasteiger partial charge is 0.351 e. The fourth-order valence-electron chi connectivity index (χ4n) is 1.02. The number of amides is 1.